The van der Waals surface area contributed by atoms with Crippen molar-refractivity contribution in [3.8, 4) is 0 Å². The molecule has 0 unspecified atom stereocenters. The summed E-state index contributed by atoms with van der Waals surface area (Å²) in [5.41, 5.74) is 0.510. The largest absolute Gasteiger partial charge is 0.481 e. The topological polar surface area (TPSA) is 71.4 Å². The smallest absolute Gasteiger partial charge is 0.303 e. The molecule has 0 aliphatic heterocycles. The van der Waals surface area contributed by atoms with Crippen LogP contribution < -0.4 is 0 Å². The molecule has 0 radical (unpaired) electrons. The molecule has 1 fully saturated rings. The Labute approximate surface area is 113 Å². The second-order valence-corrected chi connectivity index (χ2v) is 7.58. The molecule has 0 aromatic heterocycles. The van der Waals surface area contributed by atoms with E-state index >= 15 is 0 Å². The molecule has 0 bridgehead atoms. The Morgan fingerprint density at radius 1 is 1.21 bits per heavy atom. The molecule has 4 nitrogen and oxygen atoms in total. The molecule has 1 aliphatic rings. The van der Waals surface area contributed by atoms with Crippen LogP contribution in [0.25, 0.3) is 0 Å². The number of hydrogen-bond acceptors (Lipinski definition) is 3. The monoisotopic (exact) mass is 282 g/mol. The molecular weight excluding hydrogens is 264 g/mol. The first kappa shape index (κ1) is 14.1. The molecule has 1 aromatic rings. The molecule has 19 heavy (non-hydrogen) atoms. The van der Waals surface area contributed by atoms with Crippen LogP contribution >= 0.6 is 0 Å². The number of hydrogen-bond donors (Lipinski definition) is 1. The molecule has 0 heterocycles. The number of carboxylic acids is 1. The lowest BCUT2D eigenvalue weighted by Gasteiger charge is -2.12. The molecule has 2 rings (SSSR count). The highest BCUT2D eigenvalue weighted by atomic mass is 32.2. The van der Waals surface area contributed by atoms with E-state index in [0.29, 0.717) is 19.3 Å². The summed E-state index contributed by atoms with van der Waals surface area (Å²) in [5.74, 6) is -0.798. The summed E-state index contributed by atoms with van der Waals surface area (Å²) in [6, 6.07) is 9.47. The zero-order valence-electron chi connectivity index (χ0n) is 10.7. The molecule has 1 saturated carbocycles. The number of benzene rings is 1. The molecule has 1 aromatic carbocycles. The number of sulfone groups is 1. The van der Waals surface area contributed by atoms with Crippen LogP contribution in [0.4, 0.5) is 0 Å². The Balaban J connectivity index is 1.91. The van der Waals surface area contributed by atoms with Crippen LogP contribution in [0.2, 0.25) is 0 Å². The summed E-state index contributed by atoms with van der Waals surface area (Å²) in [7, 11) is -3.18. The first-order chi connectivity index (χ1) is 8.91. The predicted octanol–water partition coefficient (Wildman–Crippen LogP) is 1.90. The van der Waals surface area contributed by atoms with Crippen molar-refractivity contribution in [3.63, 3.8) is 0 Å². The predicted molar refractivity (Wildman–Crippen MR) is 72.7 cm³/mol. The Morgan fingerprint density at radius 3 is 2.37 bits per heavy atom. The van der Waals surface area contributed by atoms with Gasteiger partial charge in [0.1, 0.15) is 0 Å². The molecule has 0 spiro atoms. The summed E-state index contributed by atoms with van der Waals surface area (Å²) in [6.45, 7) is 0. The molecule has 5 heteroatoms. The SMILES string of the molecule is O=C(O)CC1(CS(=O)(=O)CCc2ccccc2)CC1. The third kappa shape index (κ3) is 4.35. The van der Waals surface area contributed by atoms with Crippen LogP contribution in [-0.2, 0) is 21.1 Å². The van der Waals surface area contributed by atoms with E-state index in [-0.39, 0.29) is 17.9 Å². The van der Waals surface area contributed by atoms with Crippen LogP contribution in [0.3, 0.4) is 0 Å². The van der Waals surface area contributed by atoms with Gasteiger partial charge in [-0.05, 0) is 30.2 Å². The van der Waals surface area contributed by atoms with Crippen LogP contribution in [-0.4, -0.2) is 31.0 Å². The minimum atomic E-state index is -3.18. The van der Waals surface area contributed by atoms with E-state index in [2.05, 4.69) is 0 Å². The van der Waals surface area contributed by atoms with Crippen molar-refractivity contribution in [2.75, 3.05) is 11.5 Å². The lowest BCUT2D eigenvalue weighted by atomic mass is 10.1. The normalized spacial score (nSPS) is 17.1. The van der Waals surface area contributed by atoms with Crippen LogP contribution in [0.15, 0.2) is 30.3 Å². The number of aliphatic carboxylic acids is 1. The van der Waals surface area contributed by atoms with Crippen molar-refractivity contribution in [1.29, 1.82) is 0 Å². The molecule has 0 amide bonds. The first-order valence-electron chi connectivity index (χ1n) is 6.37. The summed E-state index contributed by atoms with van der Waals surface area (Å²) in [5, 5.41) is 8.80. The zero-order valence-corrected chi connectivity index (χ0v) is 11.5. The van der Waals surface area contributed by atoms with E-state index in [1.165, 1.54) is 0 Å². The summed E-state index contributed by atoms with van der Waals surface area (Å²) >= 11 is 0. The van der Waals surface area contributed by atoms with Gasteiger partial charge in [0, 0.05) is 0 Å². The van der Waals surface area contributed by atoms with Crippen LogP contribution in [0, 0.1) is 5.41 Å². The molecular formula is C14H18O4S. The second-order valence-electron chi connectivity index (χ2n) is 5.40. The van der Waals surface area contributed by atoms with Crippen molar-refractivity contribution in [2.24, 2.45) is 5.41 Å². The minimum absolute atomic E-state index is 0.0130. The highest BCUT2D eigenvalue weighted by molar-refractivity contribution is 7.91. The Bertz CT molecular complexity index is 544. The lowest BCUT2D eigenvalue weighted by molar-refractivity contribution is -0.138. The third-order valence-electron chi connectivity index (χ3n) is 3.55. The van der Waals surface area contributed by atoms with Gasteiger partial charge in [-0.25, -0.2) is 8.42 Å². The number of aryl methyl sites for hydroxylation is 1. The standard InChI is InChI=1S/C14H18O4S/c15-13(16)10-14(7-8-14)11-19(17,18)9-6-12-4-2-1-3-5-12/h1-5H,6-11H2,(H,15,16). The van der Waals surface area contributed by atoms with Crippen molar-refractivity contribution >= 4 is 15.8 Å². The molecule has 1 N–H and O–H groups in total. The van der Waals surface area contributed by atoms with Gasteiger partial charge >= 0.3 is 5.97 Å². The number of carbonyl (C=O) groups is 1. The first-order valence-corrected chi connectivity index (χ1v) is 8.19. The van der Waals surface area contributed by atoms with Crippen LogP contribution in [0.5, 0.6) is 0 Å². The van der Waals surface area contributed by atoms with Crippen molar-refractivity contribution in [1.82, 2.24) is 0 Å². The Morgan fingerprint density at radius 2 is 1.84 bits per heavy atom. The van der Waals surface area contributed by atoms with Crippen molar-refractivity contribution in [2.45, 2.75) is 25.7 Å². The molecule has 104 valence electrons. The highest BCUT2D eigenvalue weighted by Crippen LogP contribution is 2.49. The van der Waals surface area contributed by atoms with Gasteiger partial charge in [0.2, 0.25) is 0 Å². The minimum Gasteiger partial charge on any atom is -0.481 e. The summed E-state index contributed by atoms with van der Waals surface area (Å²) < 4.78 is 24.1. The Kier molecular flexibility index (Phi) is 3.94. The number of carboxylic acid groups (broad SMARTS) is 1. The van der Waals surface area contributed by atoms with Gasteiger partial charge in [0.15, 0.2) is 9.84 Å². The molecule has 1 aliphatic carbocycles. The van der Waals surface area contributed by atoms with Gasteiger partial charge in [0.05, 0.1) is 17.9 Å². The van der Waals surface area contributed by atoms with E-state index in [1.807, 2.05) is 30.3 Å². The fourth-order valence-electron chi connectivity index (χ4n) is 2.33. The maximum absolute atomic E-state index is 12.0. The highest BCUT2D eigenvalue weighted by Gasteiger charge is 2.47. The quantitative estimate of drug-likeness (QED) is 0.829. The summed E-state index contributed by atoms with van der Waals surface area (Å²) in [6.07, 6.45) is 1.89. The third-order valence-corrected chi connectivity index (χ3v) is 5.43. The molecule has 0 atom stereocenters. The second kappa shape index (κ2) is 5.33. The summed E-state index contributed by atoms with van der Waals surface area (Å²) in [4.78, 5) is 10.7. The van der Waals surface area contributed by atoms with Crippen LogP contribution in [0.1, 0.15) is 24.8 Å². The van der Waals surface area contributed by atoms with Gasteiger partial charge < -0.3 is 5.11 Å². The fraction of sp³-hybridized carbons (Fsp3) is 0.500. The Hall–Kier alpha value is -1.36. The molecule has 0 saturated heterocycles. The maximum atomic E-state index is 12.0. The zero-order chi connectivity index (χ0) is 13.9. The van der Waals surface area contributed by atoms with Gasteiger partial charge in [-0.2, -0.15) is 0 Å². The van der Waals surface area contributed by atoms with Crippen molar-refractivity contribution < 1.29 is 18.3 Å². The average molecular weight is 282 g/mol. The van der Waals surface area contributed by atoms with E-state index in [1.54, 1.807) is 0 Å². The average Bonchev–Trinajstić information content (AvgIpc) is 3.05. The van der Waals surface area contributed by atoms with Gasteiger partial charge in [-0.3, -0.25) is 4.79 Å². The van der Waals surface area contributed by atoms with Crippen molar-refractivity contribution in [3.05, 3.63) is 35.9 Å². The van der Waals surface area contributed by atoms with Gasteiger partial charge in [-0.15, -0.1) is 0 Å². The van der Waals surface area contributed by atoms with Gasteiger partial charge in [-0.1, -0.05) is 30.3 Å². The van der Waals surface area contributed by atoms with E-state index in [0.717, 1.165) is 5.56 Å². The maximum Gasteiger partial charge on any atom is 0.303 e. The number of rotatable bonds is 7. The fourth-order valence-corrected chi connectivity index (χ4v) is 4.34. The van der Waals surface area contributed by atoms with E-state index in [9.17, 15) is 13.2 Å². The van der Waals surface area contributed by atoms with Gasteiger partial charge in [0.25, 0.3) is 0 Å². The van der Waals surface area contributed by atoms with E-state index in [4.69, 9.17) is 5.11 Å². The van der Waals surface area contributed by atoms with E-state index < -0.39 is 21.2 Å². The lowest BCUT2D eigenvalue weighted by Crippen LogP contribution is -2.23.